The smallest absolute Gasteiger partial charge is 0.223 e. The molecule has 3 aliphatic rings. The predicted octanol–water partition coefficient (Wildman–Crippen LogP) is 2.52. The number of rotatable bonds is 4. The molecule has 6 heteroatoms. The van der Waals surface area contributed by atoms with Gasteiger partial charge in [0.05, 0.1) is 12.0 Å². The number of hydrogen-bond donors (Lipinski definition) is 2. The fourth-order valence-electron chi connectivity index (χ4n) is 5.00. The third-order valence-corrected chi connectivity index (χ3v) is 6.44. The van der Waals surface area contributed by atoms with Crippen LogP contribution in [0.4, 0.5) is 0 Å². The topological polar surface area (TPSA) is 73.9 Å². The van der Waals surface area contributed by atoms with Gasteiger partial charge in [0.1, 0.15) is 5.82 Å². The van der Waals surface area contributed by atoms with Crippen molar-refractivity contribution in [3.63, 3.8) is 0 Å². The van der Waals surface area contributed by atoms with Gasteiger partial charge in [-0.05, 0) is 32.6 Å². The van der Waals surface area contributed by atoms with Gasteiger partial charge in [-0.3, -0.25) is 14.8 Å². The Kier molecular flexibility index (Phi) is 5.06. The Bertz CT molecular complexity index is 588. The summed E-state index contributed by atoms with van der Waals surface area (Å²) in [6.07, 6.45) is 11.1. The zero-order valence-electron chi connectivity index (χ0n) is 15.3. The van der Waals surface area contributed by atoms with Gasteiger partial charge in [0, 0.05) is 25.0 Å². The molecule has 25 heavy (non-hydrogen) atoms. The van der Waals surface area contributed by atoms with Crippen molar-refractivity contribution in [1.29, 1.82) is 0 Å². The lowest BCUT2D eigenvalue weighted by Gasteiger charge is -2.31. The van der Waals surface area contributed by atoms with Crippen molar-refractivity contribution >= 4 is 5.91 Å². The molecule has 0 radical (unpaired) electrons. The van der Waals surface area contributed by atoms with Crippen molar-refractivity contribution in [1.82, 2.24) is 25.4 Å². The van der Waals surface area contributed by atoms with E-state index in [2.05, 4.69) is 25.4 Å². The number of nitrogens with zero attached hydrogens (tertiary/aromatic N) is 3. The lowest BCUT2D eigenvalue weighted by atomic mass is 9.94. The van der Waals surface area contributed by atoms with Crippen molar-refractivity contribution in [2.24, 2.45) is 5.92 Å². The Morgan fingerprint density at radius 1 is 1.08 bits per heavy atom. The number of carbonyl (C=O) groups excluding carboxylic acids is 1. The highest BCUT2D eigenvalue weighted by molar-refractivity contribution is 5.79. The van der Waals surface area contributed by atoms with Crippen LogP contribution in [0.5, 0.6) is 0 Å². The summed E-state index contributed by atoms with van der Waals surface area (Å²) in [5.74, 6) is 2.40. The molecule has 2 aliphatic carbocycles. The lowest BCUT2D eigenvalue weighted by Crippen LogP contribution is -2.43. The van der Waals surface area contributed by atoms with E-state index in [1.807, 2.05) is 6.92 Å². The number of likely N-dealkylation sites (tertiary alicyclic amines) is 1. The number of carbonyl (C=O) groups is 1. The van der Waals surface area contributed by atoms with Crippen molar-refractivity contribution in [2.75, 3.05) is 13.1 Å². The van der Waals surface area contributed by atoms with Gasteiger partial charge in [-0.25, -0.2) is 4.98 Å². The average Bonchev–Trinajstić information content (AvgIpc) is 3.36. The van der Waals surface area contributed by atoms with Crippen molar-refractivity contribution in [2.45, 2.75) is 82.7 Å². The first kappa shape index (κ1) is 17.0. The molecule has 0 spiro atoms. The Balaban J connectivity index is 1.47. The Morgan fingerprint density at radius 2 is 1.80 bits per heavy atom. The number of aromatic nitrogens is 3. The third kappa shape index (κ3) is 3.73. The van der Waals surface area contributed by atoms with Gasteiger partial charge in [0.25, 0.3) is 0 Å². The maximum Gasteiger partial charge on any atom is 0.223 e. The van der Waals surface area contributed by atoms with E-state index in [9.17, 15) is 4.79 Å². The molecule has 2 saturated carbocycles. The number of aryl methyl sites for hydroxylation is 1. The largest absolute Gasteiger partial charge is 0.351 e. The Morgan fingerprint density at radius 3 is 2.48 bits per heavy atom. The summed E-state index contributed by atoms with van der Waals surface area (Å²) in [6.45, 7) is 3.86. The number of amides is 1. The van der Waals surface area contributed by atoms with E-state index in [4.69, 9.17) is 0 Å². The van der Waals surface area contributed by atoms with Gasteiger partial charge in [-0.1, -0.05) is 32.1 Å². The summed E-state index contributed by atoms with van der Waals surface area (Å²) in [7, 11) is 0. The molecule has 2 N–H and O–H groups in total. The summed E-state index contributed by atoms with van der Waals surface area (Å²) in [4.78, 5) is 19.9. The van der Waals surface area contributed by atoms with Gasteiger partial charge in [0.15, 0.2) is 5.82 Å². The molecule has 138 valence electrons. The lowest BCUT2D eigenvalue weighted by molar-refractivity contribution is -0.125. The normalized spacial score (nSPS) is 29.3. The summed E-state index contributed by atoms with van der Waals surface area (Å²) in [5, 5.41) is 10.8. The molecule has 1 amide bonds. The fourth-order valence-corrected chi connectivity index (χ4v) is 5.00. The van der Waals surface area contributed by atoms with Crippen molar-refractivity contribution in [3.05, 3.63) is 11.6 Å². The van der Waals surface area contributed by atoms with Crippen LogP contribution in [0.1, 0.15) is 75.4 Å². The first-order valence-corrected chi connectivity index (χ1v) is 10.1. The van der Waals surface area contributed by atoms with Gasteiger partial charge in [0.2, 0.25) is 5.91 Å². The molecule has 1 saturated heterocycles. The SMILES string of the molecule is Cc1nc([C@@H]2CN(C3CCCCC3)C[C@H]2NC(=O)C2CCCC2)n[nH]1. The molecule has 0 aromatic carbocycles. The summed E-state index contributed by atoms with van der Waals surface area (Å²) in [5.41, 5.74) is 0. The van der Waals surface area contributed by atoms with Gasteiger partial charge < -0.3 is 5.32 Å². The van der Waals surface area contributed by atoms with Crippen LogP contribution in [0, 0.1) is 12.8 Å². The van der Waals surface area contributed by atoms with E-state index in [1.54, 1.807) is 0 Å². The van der Waals surface area contributed by atoms with Crippen LogP contribution in [0.15, 0.2) is 0 Å². The first-order valence-electron chi connectivity index (χ1n) is 10.1. The maximum atomic E-state index is 12.7. The fraction of sp³-hybridized carbons (Fsp3) is 0.842. The minimum atomic E-state index is 0.144. The molecule has 4 rings (SSSR count). The number of aromatic amines is 1. The standard InChI is InChI=1S/C19H31N5O/c1-13-20-18(23-22-13)16-11-24(15-9-3-2-4-10-15)12-17(16)21-19(25)14-7-5-6-8-14/h14-17H,2-12H2,1H3,(H,21,25)(H,20,22,23)/t16-,17-/m1/s1. The second-order valence-electron chi connectivity index (χ2n) is 8.23. The molecule has 2 atom stereocenters. The highest BCUT2D eigenvalue weighted by Gasteiger charge is 2.40. The molecular formula is C19H31N5O. The van der Waals surface area contributed by atoms with Crippen LogP contribution in [-0.4, -0.2) is 51.2 Å². The molecule has 2 heterocycles. The van der Waals surface area contributed by atoms with Gasteiger partial charge in [-0.2, -0.15) is 5.10 Å². The van der Waals surface area contributed by atoms with E-state index in [1.165, 1.54) is 44.9 Å². The second kappa shape index (κ2) is 7.44. The van der Waals surface area contributed by atoms with E-state index in [0.29, 0.717) is 6.04 Å². The number of H-pyrrole nitrogens is 1. The first-order chi connectivity index (χ1) is 12.2. The molecule has 1 aromatic rings. The highest BCUT2D eigenvalue weighted by Crippen LogP contribution is 2.32. The summed E-state index contributed by atoms with van der Waals surface area (Å²) in [6, 6.07) is 0.815. The van der Waals surface area contributed by atoms with E-state index in [0.717, 1.165) is 37.6 Å². The zero-order valence-corrected chi connectivity index (χ0v) is 15.3. The molecule has 3 fully saturated rings. The minimum absolute atomic E-state index is 0.144. The quantitative estimate of drug-likeness (QED) is 0.879. The molecule has 1 aromatic heterocycles. The van der Waals surface area contributed by atoms with Crippen LogP contribution in [0.2, 0.25) is 0 Å². The minimum Gasteiger partial charge on any atom is -0.351 e. The Hall–Kier alpha value is -1.43. The molecule has 1 aliphatic heterocycles. The monoisotopic (exact) mass is 345 g/mol. The van der Waals surface area contributed by atoms with Gasteiger partial charge in [-0.15, -0.1) is 0 Å². The highest BCUT2D eigenvalue weighted by atomic mass is 16.2. The second-order valence-corrected chi connectivity index (χ2v) is 8.23. The van der Waals surface area contributed by atoms with Gasteiger partial charge >= 0.3 is 0 Å². The molecule has 6 nitrogen and oxygen atoms in total. The predicted molar refractivity (Wildman–Crippen MR) is 96.2 cm³/mol. The maximum absolute atomic E-state index is 12.7. The zero-order chi connectivity index (χ0) is 17.2. The summed E-state index contributed by atoms with van der Waals surface area (Å²) >= 11 is 0. The molecular weight excluding hydrogens is 314 g/mol. The average molecular weight is 345 g/mol. The third-order valence-electron chi connectivity index (χ3n) is 6.44. The van der Waals surface area contributed by atoms with E-state index in [-0.39, 0.29) is 23.8 Å². The van der Waals surface area contributed by atoms with Crippen LogP contribution >= 0.6 is 0 Å². The number of nitrogens with one attached hydrogen (secondary N) is 2. The Labute approximate surface area is 150 Å². The molecule has 0 unspecified atom stereocenters. The van der Waals surface area contributed by atoms with E-state index >= 15 is 0 Å². The van der Waals surface area contributed by atoms with Crippen molar-refractivity contribution in [3.8, 4) is 0 Å². The van der Waals surface area contributed by atoms with Crippen LogP contribution in [-0.2, 0) is 4.79 Å². The van der Waals surface area contributed by atoms with Crippen LogP contribution < -0.4 is 5.32 Å². The number of hydrogen-bond acceptors (Lipinski definition) is 4. The summed E-state index contributed by atoms with van der Waals surface area (Å²) < 4.78 is 0. The van der Waals surface area contributed by atoms with Crippen LogP contribution in [0.3, 0.4) is 0 Å². The van der Waals surface area contributed by atoms with Crippen molar-refractivity contribution < 1.29 is 4.79 Å². The van der Waals surface area contributed by atoms with E-state index < -0.39 is 0 Å². The molecule has 0 bridgehead atoms. The van der Waals surface area contributed by atoms with Crippen LogP contribution in [0.25, 0.3) is 0 Å².